The summed E-state index contributed by atoms with van der Waals surface area (Å²) in [4.78, 5) is 17.1. The number of thiazole rings is 1. The van der Waals surface area contributed by atoms with Crippen molar-refractivity contribution in [3.63, 3.8) is 0 Å². The van der Waals surface area contributed by atoms with E-state index in [9.17, 15) is 4.79 Å². The molecule has 0 bridgehead atoms. The lowest BCUT2D eigenvalue weighted by Crippen LogP contribution is -2.31. The van der Waals surface area contributed by atoms with Crippen LogP contribution in [0.3, 0.4) is 0 Å². The van der Waals surface area contributed by atoms with Gasteiger partial charge in [0.2, 0.25) is 5.91 Å². The maximum absolute atomic E-state index is 12.4. The molecule has 0 saturated heterocycles. The summed E-state index contributed by atoms with van der Waals surface area (Å²) < 4.78 is 4.22. The fourth-order valence-corrected chi connectivity index (χ4v) is 5.84. The van der Waals surface area contributed by atoms with Gasteiger partial charge in [-0.1, -0.05) is 60.8 Å². The molecule has 1 unspecified atom stereocenters. The maximum atomic E-state index is 12.4. The number of nitrogens with zero attached hydrogens (tertiary/aromatic N) is 4. The smallest absolute Gasteiger partial charge is 0.233 e. The molecule has 0 radical (unpaired) electrons. The number of carbonyl (C=O) groups is 1. The van der Waals surface area contributed by atoms with E-state index >= 15 is 0 Å². The average Bonchev–Trinajstić information content (AvgIpc) is 3.40. The molecule has 9 heteroatoms. The van der Waals surface area contributed by atoms with Crippen molar-refractivity contribution in [1.82, 2.24) is 25.1 Å². The SMILES string of the molecule is CCCNC(=O)C(C)Sc1nnc(CSc2nc3ccccc3s2)n1-c1ccccc1. The Morgan fingerprint density at radius 3 is 2.68 bits per heavy atom. The van der Waals surface area contributed by atoms with Gasteiger partial charge in [-0.25, -0.2) is 4.98 Å². The minimum Gasteiger partial charge on any atom is -0.355 e. The number of hydrogen-bond donors (Lipinski definition) is 1. The topological polar surface area (TPSA) is 72.7 Å². The Balaban J connectivity index is 1.56. The summed E-state index contributed by atoms with van der Waals surface area (Å²) in [5, 5.41) is 12.3. The Kier molecular flexibility index (Phi) is 7.26. The lowest BCUT2D eigenvalue weighted by atomic mass is 10.3. The van der Waals surface area contributed by atoms with Gasteiger partial charge >= 0.3 is 0 Å². The van der Waals surface area contributed by atoms with Crippen molar-refractivity contribution in [2.45, 2.75) is 40.8 Å². The molecular formula is C22H23N5OS3. The first-order valence-corrected chi connectivity index (χ1v) is 12.8. The number of aromatic nitrogens is 4. The van der Waals surface area contributed by atoms with Crippen LogP contribution >= 0.6 is 34.9 Å². The van der Waals surface area contributed by atoms with Crippen LogP contribution in [0, 0.1) is 0 Å². The Bertz CT molecular complexity index is 1130. The van der Waals surface area contributed by atoms with Crippen LogP contribution in [0.2, 0.25) is 0 Å². The maximum Gasteiger partial charge on any atom is 0.233 e. The molecule has 1 atom stereocenters. The largest absolute Gasteiger partial charge is 0.355 e. The molecule has 4 rings (SSSR count). The standard InChI is InChI=1S/C22H23N5OS3/c1-3-13-23-20(28)15(2)30-21-26-25-19(27(21)16-9-5-4-6-10-16)14-29-22-24-17-11-7-8-12-18(17)31-22/h4-12,15H,3,13-14H2,1-2H3,(H,23,28). The van der Waals surface area contributed by atoms with E-state index in [0.29, 0.717) is 17.5 Å². The molecule has 31 heavy (non-hydrogen) atoms. The second-order valence-corrected chi connectivity index (χ2v) is 10.4. The van der Waals surface area contributed by atoms with Crippen molar-refractivity contribution in [3.8, 4) is 5.69 Å². The molecule has 2 aromatic heterocycles. The van der Waals surface area contributed by atoms with E-state index in [2.05, 4.69) is 21.6 Å². The number of benzene rings is 2. The predicted octanol–water partition coefficient (Wildman–Crippen LogP) is 5.18. The monoisotopic (exact) mass is 469 g/mol. The summed E-state index contributed by atoms with van der Waals surface area (Å²) in [6.45, 7) is 4.62. The summed E-state index contributed by atoms with van der Waals surface area (Å²) >= 11 is 4.76. The lowest BCUT2D eigenvalue weighted by Gasteiger charge is -2.13. The second-order valence-electron chi connectivity index (χ2n) is 6.86. The molecule has 160 valence electrons. The van der Waals surface area contributed by atoms with E-state index in [1.54, 1.807) is 23.1 Å². The van der Waals surface area contributed by atoms with Gasteiger partial charge in [0.15, 0.2) is 9.50 Å². The van der Waals surface area contributed by atoms with Crippen molar-refractivity contribution >= 4 is 51.0 Å². The third kappa shape index (κ3) is 5.28. The molecule has 0 fully saturated rings. The van der Waals surface area contributed by atoms with Gasteiger partial charge < -0.3 is 5.32 Å². The lowest BCUT2D eigenvalue weighted by molar-refractivity contribution is -0.120. The van der Waals surface area contributed by atoms with Crippen LogP contribution in [-0.4, -0.2) is 37.5 Å². The van der Waals surface area contributed by atoms with Crippen molar-refractivity contribution in [3.05, 3.63) is 60.4 Å². The Hall–Kier alpha value is -2.36. The fraction of sp³-hybridized carbons (Fsp3) is 0.273. The molecule has 1 N–H and O–H groups in total. The number of nitrogens with one attached hydrogen (secondary N) is 1. The molecule has 0 saturated carbocycles. The highest BCUT2D eigenvalue weighted by molar-refractivity contribution is 8.00. The van der Waals surface area contributed by atoms with Crippen molar-refractivity contribution in [2.24, 2.45) is 0 Å². The number of carbonyl (C=O) groups excluding carboxylic acids is 1. The third-order valence-electron chi connectivity index (χ3n) is 4.51. The average molecular weight is 470 g/mol. The Morgan fingerprint density at radius 2 is 1.90 bits per heavy atom. The molecule has 0 aliphatic heterocycles. The van der Waals surface area contributed by atoms with Crippen LogP contribution in [0.25, 0.3) is 15.9 Å². The van der Waals surface area contributed by atoms with E-state index in [-0.39, 0.29) is 11.2 Å². The Labute approximate surface area is 193 Å². The quantitative estimate of drug-likeness (QED) is 0.341. The third-order valence-corrected chi connectivity index (χ3v) is 7.73. The van der Waals surface area contributed by atoms with Crippen molar-refractivity contribution in [2.75, 3.05) is 6.54 Å². The van der Waals surface area contributed by atoms with E-state index in [1.807, 2.05) is 66.9 Å². The van der Waals surface area contributed by atoms with Gasteiger partial charge in [-0.15, -0.1) is 21.5 Å². The van der Waals surface area contributed by atoms with Gasteiger partial charge in [-0.2, -0.15) is 0 Å². The molecule has 0 aliphatic carbocycles. The first kappa shape index (κ1) is 21.9. The van der Waals surface area contributed by atoms with E-state index in [1.165, 1.54) is 16.5 Å². The minimum absolute atomic E-state index is 0.0138. The van der Waals surface area contributed by atoms with Crippen LogP contribution in [0.4, 0.5) is 0 Å². The fourth-order valence-electron chi connectivity index (χ4n) is 2.95. The van der Waals surface area contributed by atoms with Gasteiger partial charge in [0.05, 0.1) is 21.2 Å². The van der Waals surface area contributed by atoms with Gasteiger partial charge in [0.25, 0.3) is 0 Å². The van der Waals surface area contributed by atoms with Gasteiger partial charge in [0, 0.05) is 12.2 Å². The zero-order chi connectivity index (χ0) is 21.6. The first-order chi connectivity index (χ1) is 15.2. The van der Waals surface area contributed by atoms with Crippen LogP contribution in [0.15, 0.2) is 64.1 Å². The highest BCUT2D eigenvalue weighted by Crippen LogP contribution is 2.33. The highest BCUT2D eigenvalue weighted by atomic mass is 32.2. The molecule has 4 aromatic rings. The second kappa shape index (κ2) is 10.3. The summed E-state index contributed by atoms with van der Waals surface area (Å²) in [6.07, 6.45) is 0.913. The van der Waals surface area contributed by atoms with Crippen LogP contribution in [0.5, 0.6) is 0 Å². The molecule has 0 aliphatic rings. The van der Waals surface area contributed by atoms with E-state index in [0.717, 1.165) is 27.8 Å². The van der Waals surface area contributed by atoms with Crippen LogP contribution in [-0.2, 0) is 10.5 Å². The number of fused-ring (bicyclic) bond motifs is 1. The normalized spacial score (nSPS) is 12.2. The number of amides is 1. The van der Waals surface area contributed by atoms with E-state index < -0.39 is 0 Å². The molecule has 2 aromatic carbocycles. The highest BCUT2D eigenvalue weighted by Gasteiger charge is 2.21. The van der Waals surface area contributed by atoms with Gasteiger partial charge in [-0.05, 0) is 37.6 Å². The van der Waals surface area contributed by atoms with Gasteiger partial charge in [-0.3, -0.25) is 9.36 Å². The number of para-hydroxylation sites is 2. The molecule has 6 nitrogen and oxygen atoms in total. The summed E-state index contributed by atoms with van der Waals surface area (Å²) in [5.41, 5.74) is 2.00. The Morgan fingerprint density at radius 1 is 1.13 bits per heavy atom. The van der Waals surface area contributed by atoms with Gasteiger partial charge in [0.1, 0.15) is 5.82 Å². The zero-order valence-corrected chi connectivity index (χ0v) is 19.8. The first-order valence-electron chi connectivity index (χ1n) is 10.1. The summed E-state index contributed by atoms with van der Waals surface area (Å²) in [6, 6.07) is 18.2. The summed E-state index contributed by atoms with van der Waals surface area (Å²) in [7, 11) is 0. The van der Waals surface area contributed by atoms with Crippen LogP contribution in [0.1, 0.15) is 26.1 Å². The predicted molar refractivity (Wildman–Crippen MR) is 129 cm³/mol. The number of hydrogen-bond acceptors (Lipinski definition) is 7. The number of rotatable bonds is 9. The molecule has 0 spiro atoms. The molecule has 2 heterocycles. The number of thioether (sulfide) groups is 2. The summed E-state index contributed by atoms with van der Waals surface area (Å²) in [5.74, 6) is 1.48. The van der Waals surface area contributed by atoms with Crippen LogP contribution < -0.4 is 5.32 Å². The van der Waals surface area contributed by atoms with Crippen molar-refractivity contribution < 1.29 is 4.79 Å². The minimum atomic E-state index is -0.261. The van der Waals surface area contributed by atoms with Crippen molar-refractivity contribution in [1.29, 1.82) is 0 Å². The zero-order valence-electron chi connectivity index (χ0n) is 17.3. The molecule has 1 amide bonds. The molecular weight excluding hydrogens is 446 g/mol. The van der Waals surface area contributed by atoms with E-state index in [4.69, 9.17) is 4.98 Å².